The average molecular weight is 355 g/mol. The van der Waals surface area contributed by atoms with Crippen LogP contribution in [0.1, 0.15) is 37.0 Å². The highest BCUT2D eigenvalue weighted by Gasteiger charge is 2.23. The van der Waals surface area contributed by atoms with Crippen LogP contribution in [0.15, 0.2) is 51.7 Å². The molecule has 2 aromatic rings. The summed E-state index contributed by atoms with van der Waals surface area (Å²) in [6.07, 6.45) is 3.98. The summed E-state index contributed by atoms with van der Waals surface area (Å²) in [6, 6.07) is 13.3. The number of piperidine rings is 1. The molecule has 0 bridgehead atoms. The lowest BCUT2D eigenvalue weighted by atomic mass is 10.1. The molecule has 2 heterocycles. The normalized spacial score (nSPS) is 15.0. The van der Waals surface area contributed by atoms with Crippen LogP contribution in [0.4, 0.5) is 0 Å². The first-order valence-corrected chi connectivity index (χ1v) is 9.20. The van der Waals surface area contributed by atoms with E-state index in [0.717, 1.165) is 25.7 Å². The van der Waals surface area contributed by atoms with E-state index in [0.29, 0.717) is 31.0 Å². The van der Waals surface area contributed by atoms with Crippen molar-refractivity contribution in [3.8, 4) is 5.75 Å². The molecule has 0 unspecified atom stereocenters. The van der Waals surface area contributed by atoms with E-state index in [1.165, 1.54) is 11.6 Å². The molecule has 3 rings (SSSR count). The number of rotatable bonds is 6. The van der Waals surface area contributed by atoms with Gasteiger partial charge in [0, 0.05) is 38.4 Å². The molecule has 1 aromatic carbocycles. The lowest BCUT2D eigenvalue weighted by molar-refractivity contribution is -0.133. The number of amides is 1. The summed E-state index contributed by atoms with van der Waals surface area (Å²) in [5, 5.41) is 0. The third-order valence-corrected chi connectivity index (χ3v) is 4.66. The Balaban J connectivity index is 1.41. The fourth-order valence-corrected chi connectivity index (χ4v) is 3.31. The van der Waals surface area contributed by atoms with Crippen molar-refractivity contribution < 1.29 is 13.9 Å². The number of nitrogens with zero attached hydrogens (tertiary/aromatic N) is 1. The highest BCUT2D eigenvalue weighted by Crippen LogP contribution is 2.19. The van der Waals surface area contributed by atoms with Gasteiger partial charge in [-0.25, -0.2) is 4.79 Å². The average Bonchev–Trinajstić information content (AvgIpc) is 2.62. The fourth-order valence-electron chi connectivity index (χ4n) is 3.31. The van der Waals surface area contributed by atoms with Gasteiger partial charge in [0.2, 0.25) is 5.91 Å². The van der Waals surface area contributed by atoms with Gasteiger partial charge in [-0.3, -0.25) is 4.79 Å². The zero-order valence-corrected chi connectivity index (χ0v) is 15.1. The van der Waals surface area contributed by atoms with Gasteiger partial charge >= 0.3 is 5.63 Å². The quantitative estimate of drug-likeness (QED) is 0.797. The molecule has 1 amide bonds. The largest absolute Gasteiger partial charge is 0.490 e. The molecule has 0 radical (unpaired) electrons. The maximum absolute atomic E-state index is 12.4. The van der Waals surface area contributed by atoms with Gasteiger partial charge in [-0.15, -0.1) is 0 Å². The van der Waals surface area contributed by atoms with Gasteiger partial charge in [0.15, 0.2) is 0 Å². The fraction of sp³-hybridized carbons (Fsp3) is 0.429. The van der Waals surface area contributed by atoms with E-state index >= 15 is 0 Å². The van der Waals surface area contributed by atoms with Crippen LogP contribution in [-0.2, 0) is 11.2 Å². The van der Waals surface area contributed by atoms with Gasteiger partial charge in [-0.2, -0.15) is 0 Å². The van der Waals surface area contributed by atoms with Gasteiger partial charge in [0.05, 0.1) is 6.07 Å². The van der Waals surface area contributed by atoms with Gasteiger partial charge in [-0.1, -0.05) is 30.3 Å². The predicted octanol–water partition coefficient (Wildman–Crippen LogP) is 3.34. The molecule has 138 valence electrons. The Morgan fingerprint density at radius 2 is 1.92 bits per heavy atom. The molecule has 0 aliphatic carbocycles. The Kier molecular flexibility index (Phi) is 6.10. The van der Waals surface area contributed by atoms with Crippen LogP contribution in [0.3, 0.4) is 0 Å². The zero-order chi connectivity index (χ0) is 18.4. The Bertz CT molecular complexity index is 776. The molecule has 0 atom stereocenters. The minimum Gasteiger partial charge on any atom is -0.490 e. The molecule has 1 saturated heterocycles. The third-order valence-electron chi connectivity index (χ3n) is 4.66. The minimum atomic E-state index is -0.397. The Hall–Kier alpha value is -2.56. The molecule has 1 aromatic heterocycles. The Labute approximate surface area is 153 Å². The molecule has 0 spiro atoms. The summed E-state index contributed by atoms with van der Waals surface area (Å²) in [4.78, 5) is 25.7. The summed E-state index contributed by atoms with van der Waals surface area (Å²) >= 11 is 0. The van der Waals surface area contributed by atoms with Crippen molar-refractivity contribution in [1.82, 2.24) is 4.90 Å². The summed E-state index contributed by atoms with van der Waals surface area (Å²) in [5.74, 6) is 1.31. The van der Waals surface area contributed by atoms with Crippen LogP contribution in [0, 0.1) is 6.92 Å². The molecule has 0 N–H and O–H groups in total. The molecule has 1 aliphatic heterocycles. The molecule has 5 nitrogen and oxygen atoms in total. The Morgan fingerprint density at radius 3 is 2.62 bits per heavy atom. The van der Waals surface area contributed by atoms with Crippen LogP contribution >= 0.6 is 0 Å². The summed E-state index contributed by atoms with van der Waals surface area (Å²) in [5.41, 5.74) is 0.876. The number of ether oxygens (including phenoxy) is 1. The van der Waals surface area contributed by atoms with E-state index in [-0.39, 0.29) is 12.0 Å². The topological polar surface area (TPSA) is 59.8 Å². The smallest absolute Gasteiger partial charge is 0.339 e. The monoisotopic (exact) mass is 355 g/mol. The zero-order valence-electron chi connectivity index (χ0n) is 15.1. The van der Waals surface area contributed by atoms with Crippen molar-refractivity contribution in [2.75, 3.05) is 13.1 Å². The molecular weight excluding hydrogens is 330 g/mol. The maximum Gasteiger partial charge on any atom is 0.339 e. The Morgan fingerprint density at radius 1 is 1.19 bits per heavy atom. The van der Waals surface area contributed by atoms with Gasteiger partial charge < -0.3 is 14.1 Å². The second-order valence-corrected chi connectivity index (χ2v) is 6.76. The van der Waals surface area contributed by atoms with Crippen molar-refractivity contribution in [2.45, 2.75) is 45.1 Å². The predicted molar refractivity (Wildman–Crippen MR) is 99.3 cm³/mol. The van der Waals surface area contributed by atoms with Crippen LogP contribution in [0.5, 0.6) is 5.75 Å². The van der Waals surface area contributed by atoms with Crippen molar-refractivity contribution in [1.29, 1.82) is 0 Å². The first-order valence-electron chi connectivity index (χ1n) is 9.20. The number of likely N-dealkylation sites (tertiary alicyclic amines) is 1. The molecule has 0 saturated carbocycles. The first kappa shape index (κ1) is 18.2. The second-order valence-electron chi connectivity index (χ2n) is 6.76. The molecule has 5 heteroatoms. The maximum atomic E-state index is 12.4. The van der Waals surface area contributed by atoms with E-state index in [1.54, 1.807) is 13.0 Å². The van der Waals surface area contributed by atoms with Gasteiger partial charge in [-0.05, 0) is 25.3 Å². The summed E-state index contributed by atoms with van der Waals surface area (Å²) in [7, 11) is 0. The SMILES string of the molecule is Cc1cc(OC2CCN(C(=O)CCCc3ccccc3)CC2)cc(=O)o1. The number of carbonyl (C=O) groups is 1. The van der Waals surface area contributed by atoms with E-state index in [2.05, 4.69) is 12.1 Å². The van der Waals surface area contributed by atoms with Gasteiger partial charge in [0.1, 0.15) is 17.6 Å². The minimum absolute atomic E-state index is 0.0320. The number of benzene rings is 1. The first-order chi connectivity index (χ1) is 12.6. The lowest BCUT2D eigenvalue weighted by Crippen LogP contribution is -2.41. The number of carbonyl (C=O) groups excluding carboxylic acids is 1. The molecular formula is C21H25NO4. The van der Waals surface area contributed by atoms with Crippen LogP contribution in [0.2, 0.25) is 0 Å². The number of hydrogen-bond acceptors (Lipinski definition) is 4. The van der Waals surface area contributed by atoms with Crippen molar-refractivity contribution in [3.05, 3.63) is 64.2 Å². The highest BCUT2D eigenvalue weighted by atomic mass is 16.5. The van der Waals surface area contributed by atoms with Crippen LogP contribution in [-0.4, -0.2) is 30.0 Å². The van der Waals surface area contributed by atoms with Crippen LogP contribution < -0.4 is 10.4 Å². The number of hydrogen-bond donors (Lipinski definition) is 0. The van der Waals surface area contributed by atoms with E-state index in [1.807, 2.05) is 23.1 Å². The molecule has 26 heavy (non-hydrogen) atoms. The highest BCUT2D eigenvalue weighted by molar-refractivity contribution is 5.76. The van der Waals surface area contributed by atoms with E-state index < -0.39 is 5.63 Å². The number of aryl methyl sites for hydroxylation is 2. The van der Waals surface area contributed by atoms with Crippen molar-refractivity contribution >= 4 is 5.91 Å². The van der Waals surface area contributed by atoms with Crippen molar-refractivity contribution in [2.24, 2.45) is 0 Å². The van der Waals surface area contributed by atoms with Crippen LogP contribution in [0.25, 0.3) is 0 Å². The lowest BCUT2D eigenvalue weighted by Gasteiger charge is -2.32. The molecule has 1 fully saturated rings. The summed E-state index contributed by atoms with van der Waals surface area (Å²) < 4.78 is 10.8. The third kappa shape index (κ3) is 5.22. The standard InChI is InChI=1S/C21H25NO4/c1-16-14-19(15-21(24)25-16)26-18-10-12-22(13-11-18)20(23)9-5-8-17-6-3-2-4-7-17/h2-4,6-7,14-15,18H,5,8-13H2,1H3. The second kappa shape index (κ2) is 8.70. The van der Waals surface area contributed by atoms with Gasteiger partial charge in [0.25, 0.3) is 0 Å². The molecule has 1 aliphatic rings. The van der Waals surface area contributed by atoms with E-state index in [9.17, 15) is 9.59 Å². The summed E-state index contributed by atoms with van der Waals surface area (Å²) in [6.45, 7) is 3.13. The van der Waals surface area contributed by atoms with Crippen molar-refractivity contribution in [3.63, 3.8) is 0 Å². The van der Waals surface area contributed by atoms with E-state index in [4.69, 9.17) is 9.15 Å².